The van der Waals surface area contributed by atoms with Gasteiger partial charge >= 0.3 is 5.97 Å². The van der Waals surface area contributed by atoms with E-state index in [1.165, 1.54) is 18.2 Å². The summed E-state index contributed by atoms with van der Waals surface area (Å²) < 4.78 is 30.3. The zero-order valence-electron chi connectivity index (χ0n) is 15.0. The molecule has 1 aromatic carbocycles. The molecule has 0 bridgehead atoms. The van der Waals surface area contributed by atoms with Crippen molar-refractivity contribution in [2.45, 2.75) is 0 Å². The lowest BCUT2D eigenvalue weighted by molar-refractivity contribution is -0.137. The van der Waals surface area contributed by atoms with E-state index in [0.29, 0.717) is 24.6 Å². The van der Waals surface area contributed by atoms with Crippen LogP contribution in [0.15, 0.2) is 18.2 Å². The second kappa shape index (κ2) is 8.46. The number of aliphatic carboxylic acids is 1. The number of benzene rings is 1. The van der Waals surface area contributed by atoms with Crippen LogP contribution in [0.25, 0.3) is 0 Å². The molecule has 0 saturated heterocycles. The summed E-state index contributed by atoms with van der Waals surface area (Å²) in [5.41, 5.74) is 0.263. The SMILES string of the molecule is COCCNCCN(c1ccc2c(c1)C(=O)N(CC(=O)O)C2=O)S(C)(=O)=O. The smallest absolute Gasteiger partial charge is 0.323 e. The number of carbonyl (C=O) groups excluding carboxylic acids is 2. The Hall–Kier alpha value is -2.50. The van der Waals surface area contributed by atoms with Crippen molar-refractivity contribution in [3.63, 3.8) is 0 Å². The number of sulfonamides is 1. The van der Waals surface area contributed by atoms with Crippen LogP contribution >= 0.6 is 0 Å². The molecule has 0 radical (unpaired) electrons. The molecule has 0 spiro atoms. The Morgan fingerprint density at radius 2 is 1.89 bits per heavy atom. The molecule has 1 aliphatic rings. The zero-order chi connectivity index (χ0) is 20.2. The fraction of sp³-hybridized carbons (Fsp3) is 0.438. The Morgan fingerprint density at radius 1 is 1.22 bits per heavy atom. The fourth-order valence-electron chi connectivity index (χ4n) is 2.68. The molecule has 1 aromatic rings. The van der Waals surface area contributed by atoms with Crippen LogP contribution in [0, 0.1) is 0 Å². The molecule has 0 saturated carbocycles. The third-order valence-corrected chi connectivity index (χ3v) is 5.10. The van der Waals surface area contributed by atoms with Gasteiger partial charge in [0, 0.05) is 26.7 Å². The van der Waals surface area contributed by atoms with Crippen molar-refractivity contribution >= 4 is 33.5 Å². The first-order valence-electron chi connectivity index (χ1n) is 8.06. The number of carboxylic acids is 1. The van der Waals surface area contributed by atoms with E-state index < -0.39 is 34.4 Å². The third kappa shape index (κ3) is 4.81. The van der Waals surface area contributed by atoms with Gasteiger partial charge in [0.1, 0.15) is 6.54 Å². The maximum atomic E-state index is 12.3. The number of carbonyl (C=O) groups is 3. The molecule has 2 amide bonds. The van der Waals surface area contributed by atoms with Crippen LogP contribution in [0.3, 0.4) is 0 Å². The van der Waals surface area contributed by atoms with E-state index in [0.717, 1.165) is 10.6 Å². The second-order valence-corrected chi connectivity index (χ2v) is 7.80. The van der Waals surface area contributed by atoms with E-state index in [1.807, 2.05) is 0 Å². The first-order chi connectivity index (χ1) is 12.7. The van der Waals surface area contributed by atoms with Gasteiger partial charge in [-0.1, -0.05) is 0 Å². The molecule has 10 nitrogen and oxygen atoms in total. The number of imide groups is 1. The molecule has 0 aromatic heterocycles. The molecule has 2 rings (SSSR count). The summed E-state index contributed by atoms with van der Waals surface area (Å²) in [6.45, 7) is 0.748. The first kappa shape index (κ1) is 20.8. The van der Waals surface area contributed by atoms with Gasteiger partial charge in [-0.05, 0) is 18.2 Å². The number of rotatable bonds is 10. The molecule has 0 atom stereocenters. The van der Waals surface area contributed by atoms with Crippen LogP contribution in [0.4, 0.5) is 5.69 Å². The zero-order valence-corrected chi connectivity index (χ0v) is 15.8. The number of methoxy groups -OCH3 is 1. The molecule has 0 aliphatic carbocycles. The summed E-state index contributed by atoms with van der Waals surface area (Å²) in [4.78, 5) is 36.0. The molecular formula is C16H21N3O7S. The number of fused-ring (bicyclic) bond motifs is 1. The minimum Gasteiger partial charge on any atom is -0.480 e. The highest BCUT2D eigenvalue weighted by molar-refractivity contribution is 7.92. The quantitative estimate of drug-likeness (QED) is 0.392. The number of amides is 2. The normalized spacial score (nSPS) is 13.8. The van der Waals surface area contributed by atoms with Gasteiger partial charge in [-0.2, -0.15) is 0 Å². The Balaban J connectivity index is 2.25. The van der Waals surface area contributed by atoms with Crippen molar-refractivity contribution < 1.29 is 32.6 Å². The van der Waals surface area contributed by atoms with Crippen LogP contribution in [-0.2, 0) is 19.6 Å². The third-order valence-electron chi connectivity index (χ3n) is 3.91. The van der Waals surface area contributed by atoms with Crippen molar-refractivity contribution in [3.8, 4) is 0 Å². The van der Waals surface area contributed by atoms with Crippen LogP contribution in [0.5, 0.6) is 0 Å². The van der Waals surface area contributed by atoms with Crippen molar-refractivity contribution in [1.29, 1.82) is 0 Å². The van der Waals surface area contributed by atoms with Crippen molar-refractivity contribution in [3.05, 3.63) is 29.3 Å². The molecule has 27 heavy (non-hydrogen) atoms. The number of hydrogen-bond donors (Lipinski definition) is 2. The topological polar surface area (TPSA) is 133 Å². The van der Waals surface area contributed by atoms with Gasteiger partial charge in [0.05, 0.1) is 29.7 Å². The largest absolute Gasteiger partial charge is 0.480 e. The Kier molecular flexibility index (Phi) is 6.52. The molecule has 0 fully saturated rings. The minimum atomic E-state index is -3.63. The van der Waals surface area contributed by atoms with E-state index in [4.69, 9.17) is 9.84 Å². The second-order valence-electron chi connectivity index (χ2n) is 5.90. The van der Waals surface area contributed by atoms with Crippen molar-refractivity contribution in [1.82, 2.24) is 10.2 Å². The van der Waals surface area contributed by atoms with Gasteiger partial charge in [0.15, 0.2) is 0 Å². The van der Waals surface area contributed by atoms with E-state index in [9.17, 15) is 22.8 Å². The highest BCUT2D eigenvalue weighted by Gasteiger charge is 2.37. The first-order valence-corrected chi connectivity index (χ1v) is 9.91. The summed E-state index contributed by atoms with van der Waals surface area (Å²) in [5, 5.41) is 11.9. The lowest BCUT2D eigenvalue weighted by atomic mass is 10.1. The van der Waals surface area contributed by atoms with Gasteiger partial charge in [-0.15, -0.1) is 0 Å². The number of anilines is 1. The van der Waals surface area contributed by atoms with Gasteiger partial charge in [0.2, 0.25) is 10.0 Å². The van der Waals surface area contributed by atoms with Crippen LogP contribution < -0.4 is 9.62 Å². The summed E-state index contributed by atoms with van der Waals surface area (Å²) >= 11 is 0. The highest BCUT2D eigenvalue weighted by Crippen LogP contribution is 2.28. The maximum Gasteiger partial charge on any atom is 0.323 e. The maximum absolute atomic E-state index is 12.3. The number of carboxylic acid groups (broad SMARTS) is 1. The number of ether oxygens (including phenoxy) is 1. The monoisotopic (exact) mass is 399 g/mol. The number of nitrogens with zero attached hydrogens (tertiary/aromatic N) is 2. The van der Waals surface area contributed by atoms with Crippen LogP contribution in [0.1, 0.15) is 20.7 Å². The molecule has 1 aliphatic heterocycles. The predicted molar refractivity (Wildman–Crippen MR) is 96.4 cm³/mol. The average molecular weight is 399 g/mol. The molecule has 148 valence electrons. The molecule has 0 unspecified atom stereocenters. The summed E-state index contributed by atoms with van der Waals surface area (Å²) in [7, 11) is -2.08. The molecular weight excluding hydrogens is 378 g/mol. The number of hydrogen-bond acceptors (Lipinski definition) is 7. The average Bonchev–Trinajstić information content (AvgIpc) is 2.81. The predicted octanol–water partition coefficient (Wildman–Crippen LogP) is -0.631. The van der Waals surface area contributed by atoms with Gasteiger partial charge in [-0.3, -0.25) is 23.6 Å². The summed E-state index contributed by atoms with van der Waals surface area (Å²) in [6, 6.07) is 4.06. The molecule has 11 heteroatoms. The van der Waals surface area contributed by atoms with E-state index >= 15 is 0 Å². The van der Waals surface area contributed by atoms with Crippen LogP contribution in [-0.4, -0.2) is 82.4 Å². The minimum absolute atomic E-state index is 0.0141. The number of nitrogens with one attached hydrogen (secondary N) is 1. The summed E-state index contributed by atoms with van der Waals surface area (Å²) in [6.07, 6.45) is 1.04. The lowest BCUT2D eigenvalue weighted by Gasteiger charge is -2.23. The Labute approximate surface area is 156 Å². The highest BCUT2D eigenvalue weighted by atomic mass is 32.2. The Morgan fingerprint density at radius 3 is 2.48 bits per heavy atom. The van der Waals surface area contributed by atoms with E-state index in [1.54, 1.807) is 7.11 Å². The Bertz CT molecular complexity index is 854. The van der Waals surface area contributed by atoms with Gasteiger partial charge in [-0.25, -0.2) is 8.42 Å². The molecule has 2 N–H and O–H groups in total. The summed E-state index contributed by atoms with van der Waals surface area (Å²) in [5.74, 6) is -2.79. The molecule has 1 heterocycles. The standard InChI is InChI=1S/C16H21N3O7S/c1-26-8-6-17-5-7-19(27(2,24)25)11-3-4-12-13(9-11)16(23)18(15(12)22)10-14(20)21/h3-4,9,17H,5-8,10H2,1-2H3,(H,20,21). The lowest BCUT2D eigenvalue weighted by Crippen LogP contribution is -2.37. The van der Waals surface area contributed by atoms with E-state index in [2.05, 4.69) is 5.32 Å². The van der Waals surface area contributed by atoms with Crippen LogP contribution in [0.2, 0.25) is 0 Å². The van der Waals surface area contributed by atoms with Gasteiger partial charge in [0.25, 0.3) is 11.8 Å². The van der Waals surface area contributed by atoms with Crippen molar-refractivity contribution in [2.24, 2.45) is 0 Å². The van der Waals surface area contributed by atoms with Crippen molar-refractivity contribution in [2.75, 3.05) is 50.5 Å². The fourth-order valence-corrected chi connectivity index (χ4v) is 3.60. The van der Waals surface area contributed by atoms with Gasteiger partial charge < -0.3 is 15.2 Å². The van der Waals surface area contributed by atoms with E-state index in [-0.39, 0.29) is 23.4 Å².